The van der Waals surface area contributed by atoms with E-state index in [0.29, 0.717) is 29.6 Å². The van der Waals surface area contributed by atoms with Gasteiger partial charge < -0.3 is 10.3 Å². The first-order valence-electron chi connectivity index (χ1n) is 11.8. The van der Waals surface area contributed by atoms with Crippen LogP contribution in [0.15, 0.2) is 36.4 Å². The van der Waals surface area contributed by atoms with Crippen LogP contribution in [0.2, 0.25) is 0 Å². The molecule has 2 aromatic carbocycles. The summed E-state index contributed by atoms with van der Waals surface area (Å²) < 4.78 is 0. The zero-order chi connectivity index (χ0) is 23.6. The van der Waals surface area contributed by atoms with Crippen molar-refractivity contribution < 1.29 is 14.8 Å². The number of hydroxylamine groups is 2. The number of carbonyl (C=O) groups excluding carboxylic acids is 2. The van der Waals surface area contributed by atoms with Gasteiger partial charge in [0.15, 0.2) is 0 Å². The molecule has 1 aromatic heterocycles. The van der Waals surface area contributed by atoms with Gasteiger partial charge in [-0.3, -0.25) is 14.8 Å². The Labute approximate surface area is 194 Å². The average Bonchev–Trinajstić information content (AvgIpc) is 3.43. The summed E-state index contributed by atoms with van der Waals surface area (Å²) in [6.07, 6.45) is 5.56. The van der Waals surface area contributed by atoms with Crippen molar-refractivity contribution in [2.45, 2.75) is 58.9 Å². The van der Waals surface area contributed by atoms with Crippen LogP contribution >= 0.6 is 0 Å². The molecule has 0 radical (unpaired) electrons. The fraction of sp³-hybridized carbons (Fsp3) is 0.500. The summed E-state index contributed by atoms with van der Waals surface area (Å²) in [5.41, 5.74) is 1.49. The van der Waals surface area contributed by atoms with Gasteiger partial charge in [0.05, 0.1) is 29.5 Å². The predicted molar refractivity (Wildman–Crippen MR) is 129 cm³/mol. The van der Waals surface area contributed by atoms with Gasteiger partial charge in [-0.15, -0.1) is 0 Å². The summed E-state index contributed by atoms with van der Waals surface area (Å²) in [5, 5.41) is 15.8. The fourth-order valence-electron chi connectivity index (χ4n) is 4.99. The molecule has 1 saturated carbocycles. The highest BCUT2D eigenvalue weighted by atomic mass is 16.5. The minimum atomic E-state index is -0.472. The van der Waals surface area contributed by atoms with Crippen LogP contribution in [-0.2, 0) is 9.59 Å². The molecule has 3 aromatic rings. The number of benzene rings is 2. The largest absolute Gasteiger partial charge is 0.345 e. The number of hydrogen-bond acceptors (Lipinski definition) is 4. The number of H-pyrrole nitrogens is 1. The number of amides is 2. The minimum Gasteiger partial charge on any atom is -0.345 e. The lowest BCUT2D eigenvalue weighted by molar-refractivity contribution is -0.155. The van der Waals surface area contributed by atoms with Crippen molar-refractivity contribution in [2.75, 3.05) is 6.54 Å². The molecule has 1 fully saturated rings. The molecular formula is C26H34N4O3. The number of rotatable bonds is 8. The maximum Gasteiger partial charge on any atom is 0.233 e. The second-order valence-electron chi connectivity index (χ2n) is 10.5. The Balaban J connectivity index is 1.61. The number of aromatic nitrogens is 2. The Morgan fingerprint density at radius 1 is 1.24 bits per heavy atom. The Hall–Kier alpha value is -2.93. The molecule has 0 spiro atoms. The van der Waals surface area contributed by atoms with Gasteiger partial charge >= 0.3 is 0 Å². The molecule has 0 bridgehead atoms. The second kappa shape index (κ2) is 9.51. The number of nitrogens with zero attached hydrogens (tertiary/aromatic N) is 2. The molecule has 7 nitrogen and oxygen atoms in total. The Morgan fingerprint density at radius 3 is 2.55 bits per heavy atom. The third kappa shape index (κ3) is 5.36. The number of imidazole rings is 1. The Bertz CT molecular complexity index is 1070. The molecule has 0 saturated heterocycles. The molecule has 1 aliphatic carbocycles. The van der Waals surface area contributed by atoms with Crippen molar-refractivity contribution >= 4 is 34.1 Å². The van der Waals surface area contributed by atoms with Crippen LogP contribution < -0.4 is 5.32 Å². The summed E-state index contributed by atoms with van der Waals surface area (Å²) in [4.78, 5) is 32.7. The topological polar surface area (TPSA) is 98.3 Å². The van der Waals surface area contributed by atoms with E-state index in [4.69, 9.17) is 4.98 Å². The first-order chi connectivity index (χ1) is 15.7. The van der Waals surface area contributed by atoms with E-state index in [9.17, 15) is 14.8 Å². The van der Waals surface area contributed by atoms with E-state index < -0.39 is 5.92 Å². The average molecular weight is 451 g/mol. The van der Waals surface area contributed by atoms with E-state index in [2.05, 4.69) is 55.3 Å². The molecule has 7 heteroatoms. The van der Waals surface area contributed by atoms with Gasteiger partial charge in [0.1, 0.15) is 5.82 Å². The molecule has 1 heterocycles. The smallest absolute Gasteiger partial charge is 0.233 e. The lowest BCUT2D eigenvalue weighted by Gasteiger charge is -2.32. The van der Waals surface area contributed by atoms with Crippen LogP contribution in [0.1, 0.15) is 64.7 Å². The van der Waals surface area contributed by atoms with Crippen LogP contribution in [0.4, 0.5) is 0 Å². The zero-order valence-electron chi connectivity index (χ0n) is 19.7. The molecule has 2 atom stereocenters. The highest BCUT2D eigenvalue weighted by molar-refractivity contribution is 5.95. The van der Waals surface area contributed by atoms with Crippen molar-refractivity contribution in [3.05, 3.63) is 42.2 Å². The number of hydrogen-bond donors (Lipinski definition) is 3. The Morgan fingerprint density at radius 2 is 1.91 bits per heavy atom. The van der Waals surface area contributed by atoms with E-state index in [-0.39, 0.29) is 23.9 Å². The standard InChI is InChI=1S/C26H34N4O3/c1-26(2,3)23(24-27-21-13-18-10-6-7-11-19(18)14-22(21)28-24)29-25(32)20(15-30(33)16-31)12-17-8-4-5-9-17/h6-7,10-11,13-14,16-17,20,23,33H,4-5,8-9,12,15H2,1-3H3,(H,27,28)(H,29,32)/t20-,23?/m1/s1. The van der Waals surface area contributed by atoms with Crippen molar-refractivity contribution in [1.29, 1.82) is 0 Å². The summed E-state index contributed by atoms with van der Waals surface area (Å²) in [6.45, 7) is 6.19. The first kappa shape index (κ1) is 23.2. The number of nitrogens with one attached hydrogen (secondary N) is 2. The SMILES string of the molecule is CC(C)(C)C(NC(=O)[C@H](CC1CCCC1)CN(O)C=O)c1nc2cc3ccccc3cc2[nH]1. The van der Waals surface area contributed by atoms with Gasteiger partial charge in [-0.25, -0.2) is 10.0 Å². The van der Waals surface area contributed by atoms with Crippen molar-refractivity contribution in [3.8, 4) is 0 Å². The summed E-state index contributed by atoms with van der Waals surface area (Å²) in [6, 6.07) is 11.9. The van der Waals surface area contributed by atoms with Crippen LogP contribution in [0.5, 0.6) is 0 Å². The first-order valence-corrected chi connectivity index (χ1v) is 11.8. The molecule has 4 rings (SSSR count). The third-order valence-corrected chi connectivity index (χ3v) is 6.79. The third-order valence-electron chi connectivity index (χ3n) is 6.79. The van der Waals surface area contributed by atoms with E-state index in [1.165, 1.54) is 12.8 Å². The quantitative estimate of drug-likeness (QED) is 0.256. The van der Waals surface area contributed by atoms with Gasteiger partial charge in [0.2, 0.25) is 12.3 Å². The maximum atomic E-state index is 13.4. The van der Waals surface area contributed by atoms with Crippen molar-refractivity contribution in [3.63, 3.8) is 0 Å². The molecule has 1 unspecified atom stereocenters. The lowest BCUT2D eigenvalue weighted by Crippen LogP contribution is -2.43. The van der Waals surface area contributed by atoms with Crippen LogP contribution in [0.25, 0.3) is 21.8 Å². The van der Waals surface area contributed by atoms with Crippen LogP contribution in [-0.4, -0.2) is 39.1 Å². The molecule has 176 valence electrons. The summed E-state index contributed by atoms with van der Waals surface area (Å²) in [7, 11) is 0. The van der Waals surface area contributed by atoms with Gasteiger partial charge in [0.25, 0.3) is 0 Å². The Kier molecular flexibility index (Phi) is 6.70. The normalized spacial score (nSPS) is 16.7. The van der Waals surface area contributed by atoms with Gasteiger partial charge in [-0.1, -0.05) is 70.7 Å². The molecule has 3 N–H and O–H groups in total. The molecular weight excluding hydrogens is 416 g/mol. The second-order valence-corrected chi connectivity index (χ2v) is 10.5. The highest BCUT2D eigenvalue weighted by Crippen LogP contribution is 2.35. The van der Waals surface area contributed by atoms with Crippen molar-refractivity contribution in [1.82, 2.24) is 20.3 Å². The van der Waals surface area contributed by atoms with E-state index >= 15 is 0 Å². The lowest BCUT2D eigenvalue weighted by atomic mass is 9.85. The van der Waals surface area contributed by atoms with Crippen LogP contribution in [0.3, 0.4) is 0 Å². The van der Waals surface area contributed by atoms with Gasteiger partial charge in [0, 0.05) is 0 Å². The van der Waals surface area contributed by atoms with Crippen LogP contribution in [0, 0.1) is 17.3 Å². The van der Waals surface area contributed by atoms with Gasteiger partial charge in [-0.05, 0) is 40.7 Å². The van der Waals surface area contributed by atoms with E-state index in [1.54, 1.807) is 0 Å². The molecule has 33 heavy (non-hydrogen) atoms. The molecule has 0 aliphatic heterocycles. The number of fused-ring (bicyclic) bond motifs is 2. The number of aromatic amines is 1. The monoisotopic (exact) mass is 450 g/mol. The predicted octanol–water partition coefficient (Wildman–Crippen LogP) is 4.96. The number of carbonyl (C=O) groups is 2. The fourth-order valence-corrected chi connectivity index (χ4v) is 4.99. The summed E-state index contributed by atoms with van der Waals surface area (Å²) in [5.74, 6) is 0.526. The van der Waals surface area contributed by atoms with E-state index in [1.807, 2.05) is 12.1 Å². The molecule has 1 aliphatic rings. The van der Waals surface area contributed by atoms with E-state index in [0.717, 1.165) is 34.6 Å². The van der Waals surface area contributed by atoms with Crippen molar-refractivity contribution in [2.24, 2.45) is 17.3 Å². The maximum absolute atomic E-state index is 13.4. The minimum absolute atomic E-state index is 0.00574. The zero-order valence-corrected chi connectivity index (χ0v) is 19.7. The molecule has 2 amide bonds. The summed E-state index contributed by atoms with van der Waals surface area (Å²) >= 11 is 0. The highest BCUT2D eigenvalue weighted by Gasteiger charge is 2.34. The van der Waals surface area contributed by atoms with Gasteiger partial charge in [-0.2, -0.15) is 0 Å².